The van der Waals surface area contributed by atoms with Gasteiger partial charge < -0.3 is 10.2 Å². The van der Waals surface area contributed by atoms with Gasteiger partial charge in [0, 0.05) is 25.9 Å². The van der Waals surface area contributed by atoms with Crippen LogP contribution in [0.15, 0.2) is 97.1 Å². The standard InChI is InChI=1S/C34H38N2O2/c1-25(2)23-35-34(38)32(22-27-13-5-4-6-14-27)36(24-30-16-8-7-12-26(30)3)33(37)21-20-29-18-11-17-28-15-9-10-19-31(28)29/h4-19,25,32H,20-24H2,1-3H3,(H,35,38)/t32-/m1/s1. The fraction of sp³-hybridized carbons (Fsp3) is 0.294. The molecule has 0 aliphatic carbocycles. The molecule has 0 unspecified atom stereocenters. The summed E-state index contributed by atoms with van der Waals surface area (Å²) in [5.41, 5.74) is 4.35. The number of carbonyl (C=O) groups excluding carboxylic acids is 2. The van der Waals surface area contributed by atoms with Crippen molar-refractivity contribution in [3.05, 3.63) is 119 Å². The first-order chi connectivity index (χ1) is 18.4. The Hall–Kier alpha value is -3.92. The summed E-state index contributed by atoms with van der Waals surface area (Å²) in [6, 6.07) is 32.0. The molecular weight excluding hydrogens is 468 g/mol. The van der Waals surface area contributed by atoms with Crippen LogP contribution in [0.4, 0.5) is 0 Å². The zero-order chi connectivity index (χ0) is 26.9. The Morgan fingerprint density at radius 1 is 0.789 bits per heavy atom. The number of hydrogen-bond acceptors (Lipinski definition) is 2. The molecule has 0 bridgehead atoms. The van der Waals surface area contributed by atoms with Crippen LogP contribution in [0.25, 0.3) is 10.8 Å². The van der Waals surface area contributed by atoms with Crippen molar-refractivity contribution in [3.63, 3.8) is 0 Å². The van der Waals surface area contributed by atoms with Crippen molar-refractivity contribution in [3.8, 4) is 0 Å². The lowest BCUT2D eigenvalue weighted by Gasteiger charge is -2.32. The molecule has 0 saturated heterocycles. The van der Waals surface area contributed by atoms with Gasteiger partial charge in [0.1, 0.15) is 6.04 Å². The lowest BCUT2D eigenvalue weighted by atomic mass is 9.98. The molecule has 0 aliphatic rings. The summed E-state index contributed by atoms with van der Waals surface area (Å²) in [4.78, 5) is 29.4. The summed E-state index contributed by atoms with van der Waals surface area (Å²) < 4.78 is 0. The number of nitrogens with one attached hydrogen (secondary N) is 1. The highest BCUT2D eigenvalue weighted by Crippen LogP contribution is 2.22. The van der Waals surface area contributed by atoms with Crippen LogP contribution < -0.4 is 5.32 Å². The minimum absolute atomic E-state index is 0.0122. The summed E-state index contributed by atoms with van der Waals surface area (Å²) in [7, 11) is 0. The van der Waals surface area contributed by atoms with Gasteiger partial charge in [-0.25, -0.2) is 0 Å². The van der Waals surface area contributed by atoms with Crippen LogP contribution in [0.3, 0.4) is 0 Å². The number of carbonyl (C=O) groups is 2. The van der Waals surface area contributed by atoms with Gasteiger partial charge in [-0.05, 0) is 52.3 Å². The molecule has 4 aromatic carbocycles. The molecule has 0 aromatic heterocycles. The van der Waals surface area contributed by atoms with Gasteiger partial charge in [-0.1, -0.05) is 111 Å². The number of aryl methyl sites for hydroxylation is 2. The molecule has 0 spiro atoms. The Morgan fingerprint density at radius 2 is 1.45 bits per heavy atom. The minimum atomic E-state index is -0.601. The van der Waals surface area contributed by atoms with Crippen molar-refractivity contribution in [2.24, 2.45) is 5.92 Å². The average molecular weight is 507 g/mol. The number of benzene rings is 4. The zero-order valence-electron chi connectivity index (χ0n) is 22.7. The Kier molecular flexibility index (Phi) is 9.31. The van der Waals surface area contributed by atoms with Gasteiger partial charge in [0.25, 0.3) is 0 Å². The van der Waals surface area contributed by atoms with E-state index in [1.807, 2.05) is 66.7 Å². The highest BCUT2D eigenvalue weighted by atomic mass is 16.2. The van der Waals surface area contributed by atoms with Crippen molar-refractivity contribution in [1.29, 1.82) is 0 Å². The molecule has 4 rings (SSSR count). The predicted molar refractivity (Wildman–Crippen MR) is 156 cm³/mol. The number of hydrogen-bond donors (Lipinski definition) is 1. The van der Waals surface area contributed by atoms with E-state index < -0.39 is 6.04 Å². The summed E-state index contributed by atoms with van der Waals surface area (Å²) in [5.74, 6) is 0.208. The summed E-state index contributed by atoms with van der Waals surface area (Å²) >= 11 is 0. The lowest BCUT2D eigenvalue weighted by Crippen LogP contribution is -2.51. The first-order valence-electron chi connectivity index (χ1n) is 13.5. The third kappa shape index (κ3) is 7.10. The summed E-state index contributed by atoms with van der Waals surface area (Å²) in [5, 5.41) is 5.44. The highest BCUT2D eigenvalue weighted by molar-refractivity contribution is 5.89. The van der Waals surface area contributed by atoms with E-state index in [2.05, 4.69) is 56.4 Å². The van der Waals surface area contributed by atoms with E-state index in [9.17, 15) is 9.59 Å². The van der Waals surface area contributed by atoms with Crippen LogP contribution in [0, 0.1) is 12.8 Å². The summed E-state index contributed by atoms with van der Waals surface area (Å²) in [6.45, 7) is 7.18. The van der Waals surface area contributed by atoms with Crippen LogP contribution in [0.5, 0.6) is 0 Å². The molecule has 0 radical (unpaired) electrons. The molecule has 1 N–H and O–H groups in total. The quantitative estimate of drug-likeness (QED) is 0.253. The highest BCUT2D eigenvalue weighted by Gasteiger charge is 2.30. The smallest absolute Gasteiger partial charge is 0.243 e. The topological polar surface area (TPSA) is 49.4 Å². The third-order valence-electron chi connectivity index (χ3n) is 7.05. The first-order valence-corrected chi connectivity index (χ1v) is 13.5. The van der Waals surface area contributed by atoms with Gasteiger partial charge in [0.2, 0.25) is 11.8 Å². The largest absolute Gasteiger partial charge is 0.354 e. The zero-order valence-corrected chi connectivity index (χ0v) is 22.7. The number of nitrogens with zero attached hydrogens (tertiary/aromatic N) is 1. The van der Waals surface area contributed by atoms with Crippen molar-refractivity contribution in [2.45, 2.75) is 52.6 Å². The molecular formula is C34H38N2O2. The van der Waals surface area contributed by atoms with Crippen molar-refractivity contribution >= 4 is 22.6 Å². The number of amides is 2. The predicted octanol–water partition coefficient (Wildman–Crippen LogP) is 6.49. The molecule has 2 amide bonds. The Balaban J connectivity index is 1.64. The summed E-state index contributed by atoms with van der Waals surface area (Å²) in [6.07, 6.45) is 1.43. The molecule has 196 valence electrons. The van der Waals surface area contributed by atoms with Gasteiger partial charge in [-0.2, -0.15) is 0 Å². The van der Waals surface area contributed by atoms with Crippen LogP contribution >= 0.6 is 0 Å². The molecule has 0 aliphatic heterocycles. The second-order valence-electron chi connectivity index (χ2n) is 10.4. The normalized spacial score (nSPS) is 11.9. The molecule has 4 nitrogen and oxygen atoms in total. The van der Waals surface area contributed by atoms with Gasteiger partial charge in [0.15, 0.2) is 0 Å². The minimum Gasteiger partial charge on any atom is -0.354 e. The van der Waals surface area contributed by atoms with E-state index in [1.54, 1.807) is 4.90 Å². The molecule has 0 saturated carbocycles. The molecule has 38 heavy (non-hydrogen) atoms. The second kappa shape index (κ2) is 13.0. The fourth-order valence-electron chi connectivity index (χ4n) is 4.84. The number of fused-ring (bicyclic) bond motifs is 1. The van der Waals surface area contributed by atoms with Gasteiger partial charge >= 0.3 is 0 Å². The molecule has 0 fully saturated rings. The van der Waals surface area contributed by atoms with Crippen molar-refractivity contribution in [1.82, 2.24) is 10.2 Å². The van der Waals surface area contributed by atoms with Crippen LogP contribution in [0.2, 0.25) is 0 Å². The van der Waals surface area contributed by atoms with Gasteiger partial charge in [-0.3, -0.25) is 9.59 Å². The SMILES string of the molecule is Cc1ccccc1CN(C(=O)CCc1cccc2ccccc12)[C@H](Cc1ccccc1)C(=O)NCC(C)C. The number of rotatable bonds is 11. The molecule has 1 atom stereocenters. The monoisotopic (exact) mass is 506 g/mol. The van der Waals surface area contributed by atoms with Crippen LogP contribution in [0.1, 0.15) is 42.5 Å². The first kappa shape index (κ1) is 27.1. The lowest BCUT2D eigenvalue weighted by molar-refractivity contribution is -0.141. The van der Waals surface area contributed by atoms with E-state index in [4.69, 9.17) is 0 Å². The molecule has 4 aromatic rings. The van der Waals surface area contributed by atoms with E-state index >= 15 is 0 Å². The van der Waals surface area contributed by atoms with E-state index in [-0.39, 0.29) is 11.8 Å². The van der Waals surface area contributed by atoms with Gasteiger partial charge in [-0.15, -0.1) is 0 Å². The van der Waals surface area contributed by atoms with Gasteiger partial charge in [0.05, 0.1) is 0 Å². The maximum absolute atomic E-state index is 14.0. The third-order valence-corrected chi connectivity index (χ3v) is 7.05. The second-order valence-corrected chi connectivity index (χ2v) is 10.4. The van der Waals surface area contributed by atoms with E-state index in [0.717, 1.165) is 22.3 Å². The van der Waals surface area contributed by atoms with Crippen molar-refractivity contribution < 1.29 is 9.59 Å². The molecule has 4 heteroatoms. The van der Waals surface area contributed by atoms with Crippen LogP contribution in [-0.4, -0.2) is 29.3 Å². The maximum atomic E-state index is 14.0. The fourth-order valence-corrected chi connectivity index (χ4v) is 4.84. The Morgan fingerprint density at radius 3 is 2.21 bits per heavy atom. The molecule has 0 heterocycles. The van der Waals surface area contributed by atoms with Crippen molar-refractivity contribution in [2.75, 3.05) is 6.54 Å². The van der Waals surface area contributed by atoms with Crippen LogP contribution in [-0.2, 0) is 29.0 Å². The Bertz CT molecular complexity index is 1360. The Labute approximate surface area is 226 Å². The average Bonchev–Trinajstić information content (AvgIpc) is 2.93. The maximum Gasteiger partial charge on any atom is 0.243 e. The van der Waals surface area contributed by atoms with E-state index in [0.29, 0.717) is 38.3 Å². The van der Waals surface area contributed by atoms with E-state index in [1.165, 1.54) is 10.8 Å².